The van der Waals surface area contributed by atoms with Crippen LogP contribution >= 0.6 is 11.6 Å². The van der Waals surface area contributed by atoms with Gasteiger partial charge in [0.1, 0.15) is 5.75 Å². The Labute approximate surface area is 122 Å². The van der Waals surface area contributed by atoms with Crippen molar-refractivity contribution in [3.05, 3.63) is 23.2 Å². The van der Waals surface area contributed by atoms with Gasteiger partial charge in [0.25, 0.3) is 0 Å². The van der Waals surface area contributed by atoms with E-state index < -0.39 is 0 Å². The first-order valence-electron chi connectivity index (χ1n) is 7.35. The summed E-state index contributed by atoms with van der Waals surface area (Å²) < 4.78 is 5.19. The van der Waals surface area contributed by atoms with Gasteiger partial charge in [-0.05, 0) is 18.6 Å². The number of methoxy groups -OCH3 is 1. The Bertz CT molecular complexity index is 355. The molecule has 1 N–H and O–H groups in total. The molecule has 0 fully saturated rings. The summed E-state index contributed by atoms with van der Waals surface area (Å²) in [6.07, 6.45) is 9.26. The minimum atomic E-state index is 0.753. The van der Waals surface area contributed by atoms with E-state index in [4.69, 9.17) is 16.3 Å². The number of benzene rings is 1. The number of hydrogen-bond acceptors (Lipinski definition) is 2. The molecule has 1 rings (SSSR count). The molecule has 0 aromatic heterocycles. The highest BCUT2D eigenvalue weighted by Gasteiger charge is 2.01. The van der Waals surface area contributed by atoms with Gasteiger partial charge >= 0.3 is 0 Å². The number of ether oxygens (including phenoxy) is 1. The first kappa shape index (κ1) is 16.2. The van der Waals surface area contributed by atoms with Gasteiger partial charge < -0.3 is 10.1 Å². The van der Waals surface area contributed by atoms with Crippen LogP contribution in [0.15, 0.2) is 18.2 Å². The lowest BCUT2D eigenvalue weighted by Gasteiger charge is -2.10. The fraction of sp³-hybridized carbons (Fsp3) is 0.625. The highest BCUT2D eigenvalue weighted by atomic mass is 35.5. The average Bonchev–Trinajstić information content (AvgIpc) is 2.43. The fourth-order valence-electron chi connectivity index (χ4n) is 2.07. The summed E-state index contributed by atoms with van der Waals surface area (Å²) in [6.45, 7) is 3.22. The number of rotatable bonds is 10. The average molecular weight is 284 g/mol. The molecule has 1 aromatic carbocycles. The first-order valence-corrected chi connectivity index (χ1v) is 7.73. The van der Waals surface area contributed by atoms with Gasteiger partial charge in [-0.1, -0.05) is 57.0 Å². The largest absolute Gasteiger partial charge is 0.497 e. The van der Waals surface area contributed by atoms with Crippen LogP contribution in [0.5, 0.6) is 5.75 Å². The van der Waals surface area contributed by atoms with Crippen molar-refractivity contribution in [3.63, 3.8) is 0 Å². The molecule has 108 valence electrons. The minimum Gasteiger partial charge on any atom is -0.497 e. The molecule has 0 amide bonds. The molecule has 2 nitrogen and oxygen atoms in total. The Kier molecular flexibility index (Phi) is 8.48. The smallest absolute Gasteiger partial charge is 0.121 e. The first-order chi connectivity index (χ1) is 9.27. The van der Waals surface area contributed by atoms with Crippen LogP contribution < -0.4 is 10.1 Å². The molecule has 0 atom stereocenters. The molecule has 0 aliphatic rings. The SMILES string of the molecule is CCCCCCCCCNc1cc(OC)ccc1Cl. The van der Waals surface area contributed by atoms with Gasteiger partial charge in [0, 0.05) is 12.6 Å². The van der Waals surface area contributed by atoms with E-state index in [-0.39, 0.29) is 0 Å². The second-order valence-electron chi connectivity index (χ2n) is 4.89. The van der Waals surface area contributed by atoms with E-state index in [1.165, 1.54) is 44.9 Å². The lowest BCUT2D eigenvalue weighted by Crippen LogP contribution is -2.02. The van der Waals surface area contributed by atoms with Crippen molar-refractivity contribution in [1.29, 1.82) is 0 Å². The van der Waals surface area contributed by atoms with Crippen LogP contribution in [-0.2, 0) is 0 Å². The van der Waals surface area contributed by atoms with Crippen molar-refractivity contribution in [2.45, 2.75) is 51.9 Å². The Morgan fingerprint density at radius 3 is 2.42 bits per heavy atom. The van der Waals surface area contributed by atoms with Gasteiger partial charge in [-0.3, -0.25) is 0 Å². The molecule has 0 aliphatic carbocycles. The van der Waals surface area contributed by atoms with Crippen LogP contribution in [0.1, 0.15) is 51.9 Å². The molecule has 1 aromatic rings. The van der Waals surface area contributed by atoms with E-state index in [1.807, 2.05) is 18.2 Å². The van der Waals surface area contributed by atoms with E-state index in [2.05, 4.69) is 12.2 Å². The zero-order valence-electron chi connectivity index (χ0n) is 12.2. The van der Waals surface area contributed by atoms with Crippen LogP contribution in [0.4, 0.5) is 5.69 Å². The number of unbranched alkanes of at least 4 members (excludes halogenated alkanes) is 6. The van der Waals surface area contributed by atoms with Crippen molar-refractivity contribution < 1.29 is 4.74 Å². The Hall–Kier alpha value is -0.890. The van der Waals surface area contributed by atoms with Crippen molar-refractivity contribution in [2.24, 2.45) is 0 Å². The third-order valence-corrected chi connectivity index (χ3v) is 3.60. The van der Waals surface area contributed by atoms with E-state index >= 15 is 0 Å². The molecule has 0 heterocycles. The molecule has 0 bridgehead atoms. The fourth-order valence-corrected chi connectivity index (χ4v) is 2.26. The quantitative estimate of drug-likeness (QED) is 0.572. The highest BCUT2D eigenvalue weighted by molar-refractivity contribution is 6.33. The maximum atomic E-state index is 6.13. The van der Waals surface area contributed by atoms with Crippen molar-refractivity contribution >= 4 is 17.3 Å². The molecule has 0 spiro atoms. The van der Waals surface area contributed by atoms with Crippen LogP contribution in [0, 0.1) is 0 Å². The number of hydrogen-bond donors (Lipinski definition) is 1. The van der Waals surface area contributed by atoms with E-state index in [1.54, 1.807) is 7.11 Å². The molecular weight excluding hydrogens is 258 g/mol. The van der Waals surface area contributed by atoms with Crippen molar-refractivity contribution in [1.82, 2.24) is 0 Å². The summed E-state index contributed by atoms with van der Waals surface area (Å²) in [7, 11) is 1.67. The van der Waals surface area contributed by atoms with Gasteiger partial charge in [-0.2, -0.15) is 0 Å². The van der Waals surface area contributed by atoms with E-state index in [0.29, 0.717) is 0 Å². The third kappa shape index (κ3) is 6.72. The summed E-state index contributed by atoms with van der Waals surface area (Å²) >= 11 is 6.13. The molecule has 0 saturated heterocycles. The number of halogens is 1. The van der Waals surface area contributed by atoms with E-state index in [0.717, 1.165) is 23.0 Å². The monoisotopic (exact) mass is 283 g/mol. The second kappa shape index (κ2) is 9.96. The maximum Gasteiger partial charge on any atom is 0.121 e. The van der Waals surface area contributed by atoms with Crippen molar-refractivity contribution in [2.75, 3.05) is 19.0 Å². The van der Waals surface area contributed by atoms with Gasteiger partial charge in [-0.15, -0.1) is 0 Å². The topological polar surface area (TPSA) is 21.3 Å². The van der Waals surface area contributed by atoms with Crippen LogP contribution in [0.25, 0.3) is 0 Å². The zero-order valence-corrected chi connectivity index (χ0v) is 12.9. The van der Waals surface area contributed by atoms with Gasteiger partial charge in [0.15, 0.2) is 0 Å². The summed E-state index contributed by atoms with van der Waals surface area (Å²) in [5.41, 5.74) is 0.965. The lowest BCUT2D eigenvalue weighted by molar-refractivity contribution is 0.415. The van der Waals surface area contributed by atoms with E-state index in [9.17, 15) is 0 Å². The van der Waals surface area contributed by atoms with Crippen LogP contribution in [0.2, 0.25) is 5.02 Å². The summed E-state index contributed by atoms with van der Waals surface area (Å²) in [4.78, 5) is 0. The molecule has 0 saturated carbocycles. The molecule has 0 aliphatic heterocycles. The molecule has 19 heavy (non-hydrogen) atoms. The van der Waals surface area contributed by atoms with Gasteiger partial charge in [-0.25, -0.2) is 0 Å². The molecule has 0 unspecified atom stereocenters. The molecule has 3 heteroatoms. The normalized spacial score (nSPS) is 10.5. The minimum absolute atomic E-state index is 0.753. The highest BCUT2D eigenvalue weighted by Crippen LogP contribution is 2.26. The van der Waals surface area contributed by atoms with Crippen LogP contribution in [-0.4, -0.2) is 13.7 Å². The predicted octanol–water partition coefficient (Wildman–Crippen LogP) is 5.51. The molecular formula is C16H26ClNO. The van der Waals surface area contributed by atoms with Crippen LogP contribution in [0.3, 0.4) is 0 Å². The second-order valence-corrected chi connectivity index (χ2v) is 5.30. The number of anilines is 1. The Morgan fingerprint density at radius 2 is 1.74 bits per heavy atom. The maximum absolute atomic E-state index is 6.13. The molecule has 0 radical (unpaired) electrons. The Balaban J connectivity index is 2.15. The summed E-state index contributed by atoms with van der Waals surface area (Å²) in [6, 6.07) is 5.69. The Morgan fingerprint density at radius 1 is 1.05 bits per heavy atom. The third-order valence-electron chi connectivity index (χ3n) is 3.27. The summed E-state index contributed by atoms with van der Waals surface area (Å²) in [5, 5.41) is 4.13. The standard InChI is InChI=1S/C16H26ClNO/c1-3-4-5-6-7-8-9-12-18-16-13-14(19-2)10-11-15(16)17/h10-11,13,18H,3-9,12H2,1-2H3. The summed E-state index contributed by atoms with van der Waals surface area (Å²) in [5.74, 6) is 0.839. The zero-order chi connectivity index (χ0) is 13.9. The van der Waals surface area contributed by atoms with Gasteiger partial charge in [0.2, 0.25) is 0 Å². The predicted molar refractivity (Wildman–Crippen MR) is 84.5 cm³/mol. The van der Waals surface area contributed by atoms with Gasteiger partial charge in [0.05, 0.1) is 17.8 Å². The lowest BCUT2D eigenvalue weighted by atomic mass is 10.1. The number of nitrogens with one attached hydrogen (secondary N) is 1. The van der Waals surface area contributed by atoms with Crippen molar-refractivity contribution in [3.8, 4) is 5.75 Å².